The van der Waals surface area contributed by atoms with Gasteiger partial charge in [-0.2, -0.15) is 5.10 Å². The van der Waals surface area contributed by atoms with Crippen molar-refractivity contribution in [3.63, 3.8) is 0 Å². The van der Waals surface area contributed by atoms with Crippen LogP contribution in [0.1, 0.15) is 32.3 Å². The van der Waals surface area contributed by atoms with Crippen molar-refractivity contribution in [3.8, 4) is 0 Å². The molecule has 0 amide bonds. The van der Waals surface area contributed by atoms with E-state index in [4.69, 9.17) is 0 Å². The summed E-state index contributed by atoms with van der Waals surface area (Å²) >= 11 is 0. The lowest BCUT2D eigenvalue weighted by Gasteiger charge is -2.19. The van der Waals surface area contributed by atoms with E-state index in [9.17, 15) is 0 Å². The molecule has 0 saturated heterocycles. The van der Waals surface area contributed by atoms with Gasteiger partial charge >= 0.3 is 0 Å². The summed E-state index contributed by atoms with van der Waals surface area (Å²) < 4.78 is 1.86. The van der Waals surface area contributed by atoms with E-state index in [2.05, 4.69) is 42.4 Å². The molecule has 0 spiro atoms. The number of aryl methyl sites for hydroxylation is 1. The summed E-state index contributed by atoms with van der Waals surface area (Å²) in [5.74, 6) is 0. The molecular weight excluding hydrogens is 212 g/mol. The van der Waals surface area contributed by atoms with Crippen LogP contribution in [0.3, 0.4) is 0 Å². The lowest BCUT2D eigenvalue weighted by Crippen LogP contribution is -2.31. The molecule has 1 N–H and O–H groups in total. The van der Waals surface area contributed by atoms with Crippen molar-refractivity contribution in [1.82, 2.24) is 20.0 Å². The average molecular weight is 238 g/mol. The van der Waals surface area contributed by atoms with E-state index in [-0.39, 0.29) is 0 Å². The first-order valence-corrected chi connectivity index (χ1v) is 6.51. The molecule has 1 rings (SSSR count). The molecule has 98 valence electrons. The molecule has 0 fully saturated rings. The quantitative estimate of drug-likeness (QED) is 0.747. The molecule has 1 heterocycles. The second-order valence-corrected chi connectivity index (χ2v) is 4.90. The third-order valence-electron chi connectivity index (χ3n) is 2.90. The molecule has 0 radical (unpaired) electrons. The highest BCUT2D eigenvalue weighted by Gasteiger charge is 2.05. The van der Waals surface area contributed by atoms with Gasteiger partial charge in [-0.25, -0.2) is 0 Å². The van der Waals surface area contributed by atoms with E-state index in [1.165, 1.54) is 18.4 Å². The maximum absolute atomic E-state index is 4.18. The van der Waals surface area contributed by atoms with Gasteiger partial charge in [0.05, 0.1) is 6.20 Å². The highest BCUT2D eigenvalue weighted by molar-refractivity contribution is 5.02. The van der Waals surface area contributed by atoms with Crippen LogP contribution in [0.2, 0.25) is 0 Å². The summed E-state index contributed by atoms with van der Waals surface area (Å²) in [6.07, 6.45) is 6.41. The second-order valence-electron chi connectivity index (χ2n) is 4.90. The molecule has 0 aliphatic carbocycles. The van der Waals surface area contributed by atoms with Crippen LogP contribution >= 0.6 is 0 Å². The molecule has 4 heteroatoms. The molecule has 1 unspecified atom stereocenters. The van der Waals surface area contributed by atoms with Crippen LogP contribution in [0, 0.1) is 0 Å². The van der Waals surface area contributed by atoms with Crippen molar-refractivity contribution in [2.24, 2.45) is 7.05 Å². The number of nitrogens with one attached hydrogen (secondary N) is 1. The lowest BCUT2D eigenvalue weighted by molar-refractivity contribution is 0.303. The Balaban J connectivity index is 2.18. The highest BCUT2D eigenvalue weighted by atomic mass is 15.2. The summed E-state index contributed by atoms with van der Waals surface area (Å²) in [4.78, 5) is 2.35. The smallest absolute Gasteiger partial charge is 0.0534 e. The van der Waals surface area contributed by atoms with E-state index < -0.39 is 0 Å². The molecule has 1 aromatic heterocycles. The topological polar surface area (TPSA) is 33.1 Å². The molecular formula is C13H26N4. The molecule has 0 aliphatic rings. The zero-order valence-corrected chi connectivity index (χ0v) is 11.6. The Morgan fingerprint density at radius 1 is 1.53 bits per heavy atom. The van der Waals surface area contributed by atoms with Crippen LogP contribution in [-0.2, 0) is 13.6 Å². The maximum Gasteiger partial charge on any atom is 0.0534 e. The molecule has 0 bridgehead atoms. The average Bonchev–Trinajstić information content (AvgIpc) is 2.69. The van der Waals surface area contributed by atoms with Crippen LogP contribution in [0.5, 0.6) is 0 Å². The van der Waals surface area contributed by atoms with Crippen LogP contribution in [0.25, 0.3) is 0 Å². The highest BCUT2D eigenvalue weighted by Crippen LogP contribution is 2.02. The standard InChI is InChI=1S/C13H26N4/c1-5-7-14-12(2)6-8-16(3)10-13-9-15-17(4)11-13/h9,11-12,14H,5-8,10H2,1-4H3. The Kier molecular flexibility index (Phi) is 6.22. The van der Waals surface area contributed by atoms with Gasteiger partial charge in [0.1, 0.15) is 0 Å². The van der Waals surface area contributed by atoms with E-state index >= 15 is 0 Å². The van der Waals surface area contributed by atoms with Gasteiger partial charge in [-0.3, -0.25) is 4.68 Å². The van der Waals surface area contributed by atoms with Gasteiger partial charge in [-0.05, 0) is 39.9 Å². The minimum absolute atomic E-state index is 0.603. The van der Waals surface area contributed by atoms with Crippen LogP contribution in [0.4, 0.5) is 0 Å². The number of aromatic nitrogens is 2. The van der Waals surface area contributed by atoms with E-state index in [1.54, 1.807) is 0 Å². The first kappa shape index (κ1) is 14.2. The van der Waals surface area contributed by atoms with Gasteiger partial charge in [0.25, 0.3) is 0 Å². The summed E-state index contributed by atoms with van der Waals surface area (Å²) in [5.41, 5.74) is 1.28. The second kappa shape index (κ2) is 7.45. The number of hydrogen-bond donors (Lipinski definition) is 1. The fraction of sp³-hybridized carbons (Fsp3) is 0.769. The predicted octanol–water partition coefficient (Wildman–Crippen LogP) is 1.63. The van der Waals surface area contributed by atoms with E-state index in [0.717, 1.165) is 19.6 Å². The third-order valence-corrected chi connectivity index (χ3v) is 2.90. The van der Waals surface area contributed by atoms with Gasteiger partial charge in [0.15, 0.2) is 0 Å². The van der Waals surface area contributed by atoms with Crippen LogP contribution < -0.4 is 5.32 Å². The Morgan fingerprint density at radius 3 is 2.88 bits per heavy atom. The van der Waals surface area contributed by atoms with Gasteiger partial charge in [0, 0.05) is 31.4 Å². The Labute approximate surface area is 105 Å². The Hall–Kier alpha value is -0.870. The first-order chi connectivity index (χ1) is 8.11. The molecule has 0 saturated carbocycles. The van der Waals surface area contributed by atoms with E-state index in [0.29, 0.717) is 6.04 Å². The van der Waals surface area contributed by atoms with Crippen molar-refractivity contribution in [2.75, 3.05) is 20.1 Å². The van der Waals surface area contributed by atoms with Gasteiger partial charge < -0.3 is 10.2 Å². The normalized spacial score (nSPS) is 13.2. The lowest BCUT2D eigenvalue weighted by atomic mass is 10.2. The largest absolute Gasteiger partial charge is 0.314 e. The van der Waals surface area contributed by atoms with Crippen molar-refractivity contribution in [3.05, 3.63) is 18.0 Å². The predicted molar refractivity (Wildman–Crippen MR) is 71.9 cm³/mol. The van der Waals surface area contributed by atoms with Crippen LogP contribution in [-0.4, -0.2) is 40.9 Å². The Bertz CT molecular complexity index is 308. The van der Waals surface area contributed by atoms with Crippen molar-refractivity contribution < 1.29 is 0 Å². The van der Waals surface area contributed by atoms with Crippen molar-refractivity contribution in [2.45, 2.75) is 39.3 Å². The SMILES string of the molecule is CCCNC(C)CCN(C)Cc1cnn(C)c1. The molecule has 1 atom stereocenters. The summed E-state index contributed by atoms with van der Waals surface area (Å²) in [7, 11) is 4.12. The maximum atomic E-state index is 4.18. The third kappa shape index (κ3) is 5.84. The molecule has 0 aromatic carbocycles. The van der Waals surface area contributed by atoms with Gasteiger partial charge in [0.2, 0.25) is 0 Å². The summed E-state index contributed by atoms with van der Waals surface area (Å²) in [6.45, 7) is 7.68. The zero-order chi connectivity index (χ0) is 12.7. The van der Waals surface area contributed by atoms with Crippen molar-refractivity contribution in [1.29, 1.82) is 0 Å². The molecule has 1 aromatic rings. The Morgan fingerprint density at radius 2 is 2.29 bits per heavy atom. The monoisotopic (exact) mass is 238 g/mol. The molecule has 17 heavy (non-hydrogen) atoms. The number of hydrogen-bond acceptors (Lipinski definition) is 3. The zero-order valence-electron chi connectivity index (χ0n) is 11.6. The minimum atomic E-state index is 0.603. The minimum Gasteiger partial charge on any atom is -0.314 e. The molecule has 0 aliphatic heterocycles. The molecule has 4 nitrogen and oxygen atoms in total. The van der Waals surface area contributed by atoms with Crippen molar-refractivity contribution >= 4 is 0 Å². The number of rotatable bonds is 8. The van der Waals surface area contributed by atoms with Crippen LogP contribution in [0.15, 0.2) is 12.4 Å². The van der Waals surface area contributed by atoms with E-state index in [1.807, 2.05) is 17.9 Å². The van der Waals surface area contributed by atoms with Gasteiger partial charge in [-0.15, -0.1) is 0 Å². The first-order valence-electron chi connectivity index (χ1n) is 6.51. The number of nitrogens with zero attached hydrogens (tertiary/aromatic N) is 3. The van der Waals surface area contributed by atoms with Gasteiger partial charge in [-0.1, -0.05) is 6.92 Å². The fourth-order valence-electron chi connectivity index (χ4n) is 1.85. The summed E-state index contributed by atoms with van der Waals surface area (Å²) in [6, 6.07) is 0.603. The fourth-order valence-corrected chi connectivity index (χ4v) is 1.85. The summed E-state index contributed by atoms with van der Waals surface area (Å²) in [5, 5.41) is 7.70.